The van der Waals surface area contributed by atoms with E-state index in [1.54, 1.807) is 19.1 Å². The van der Waals surface area contributed by atoms with Gasteiger partial charge in [-0.25, -0.2) is 18.9 Å². The van der Waals surface area contributed by atoms with Crippen LogP contribution in [0.3, 0.4) is 0 Å². The van der Waals surface area contributed by atoms with Gasteiger partial charge in [0.1, 0.15) is 11.4 Å². The number of esters is 1. The van der Waals surface area contributed by atoms with Crippen LogP contribution in [-0.4, -0.2) is 32.9 Å². The topological polar surface area (TPSA) is 66.2 Å². The highest BCUT2D eigenvalue weighted by molar-refractivity contribution is 5.90. The van der Waals surface area contributed by atoms with Gasteiger partial charge in [0.2, 0.25) is 0 Å². The summed E-state index contributed by atoms with van der Waals surface area (Å²) in [6, 6.07) is 5.66. The first-order chi connectivity index (χ1) is 15.9. The second kappa shape index (κ2) is 9.92. The molecule has 0 aliphatic heterocycles. The number of carbonyl (C=O) groups is 1. The lowest BCUT2D eigenvalue weighted by molar-refractivity contribution is -0.137. The van der Waals surface area contributed by atoms with E-state index >= 15 is 0 Å². The van der Waals surface area contributed by atoms with Crippen molar-refractivity contribution >= 4 is 5.97 Å². The summed E-state index contributed by atoms with van der Waals surface area (Å²) in [6.45, 7) is 7.52. The molecule has 0 N–H and O–H groups in total. The monoisotopic (exact) mass is 479 g/mol. The van der Waals surface area contributed by atoms with Crippen molar-refractivity contribution in [1.82, 2.24) is 14.8 Å². The molecule has 1 aromatic carbocycles. The van der Waals surface area contributed by atoms with Crippen molar-refractivity contribution < 1.29 is 31.8 Å². The molecule has 2 heterocycles. The Bertz CT molecular complexity index is 1170. The second-order valence-electron chi connectivity index (χ2n) is 8.58. The Morgan fingerprint density at radius 3 is 2.47 bits per heavy atom. The maximum Gasteiger partial charge on any atom is 0.416 e. The van der Waals surface area contributed by atoms with Crippen molar-refractivity contribution in [2.75, 3.05) is 6.61 Å². The molecular formula is C24H25F4N3O3. The number of rotatable bonds is 7. The molecule has 0 unspecified atom stereocenters. The summed E-state index contributed by atoms with van der Waals surface area (Å²) in [7, 11) is 0. The van der Waals surface area contributed by atoms with Crippen LogP contribution in [0.1, 0.15) is 60.4 Å². The molecular weight excluding hydrogens is 454 g/mol. The molecule has 10 heteroatoms. The lowest BCUT2D eigenvalue weighted by Gasteiger charge is -2.20. The first-order valence-corrected chi connectivity index (χ1v) is 10.6. The van der Waals surface area contributed by atoms with Crippen molar-refractivity contribution in [3.63, 3.8) is 0 Å². The molecule has 0 spiro atoms. The molecule has 0 amide bonds. The van der Waals surface area contributed by atoms with Crippen LogP contribution in [0.5, 0.6) is 0 Å². The number of halogens is 4. The van der Waals surface area contributed by atoms with Gasteiger partial charge < -0.3 is 9.47 Å². The molecule has 182 valence electrons. The Morgan fingerprint density at radius 1 is 1.09 bits per heavy atom. The molecule has 0 fully saturated rings. The average molecular weight is 479 g/mol. The molecule has 0 saturated carbocycles. The van der Waals surface area contributed by atoms with E-state index in [1.165, 1.54) is 17.1 Å². The van der Waals surface area contributed by atoms with E-state index in [0.29, 0.717) is 23.1 Å². The molecule has 0 atom stereocenters. The predicted molar refractivity (Wildman–Crippen MR) is 116 cm³/mol. The summed E-state index contributed by atoms with van der Waals surface area (Å²) < 4.78 is 65.3. The molecule has 6 nitrogen and oxygen atoms in total. The van der Waals surface area contributed by atoms with Crippen LogP contribution in [0.25, 0.3) is 5.82 Å². The van der Waals surface area contributed by atoms with Gasteiger partial charge in [-0.15, -0.1) is 0 Å². The Kier molecular flexibility index (Phi) is 7.40. The number of pyridine rings is 1. The quantitative estimate of drug-likeness (QED) is 0.330. The van der Waals surface area contributed by atoms with Crippen LogP contribution < -0.4 is 0 Å². The van der Waals surface area contributed by atoms with E-state index < -0.39 is 29.1 Å². The summed E-state index contributed by atoms with van der Waals surface area (Å²) in [5.74, 6) is -1.20. The zero-order chi connectivity index (χ0) is 25.1. The van der Waals surface area contributed by atoms with Gasteiger partial charge in [0.15, 0.2) is 5.82 Å². The third-order valence-electron chi connectivity index (χ3n) is 4.73. The molecule has 3 aromatic rings. The number of carbonyl (C=O) groups excluding carboxylic acids is 1. The predicted octanol–water partition coefficient (Wildman–Crippen LogP) is 5.51. The Hall–Kier alpha value is -3.27. The first-order valence-electron chi connectivity index (χ1n) is 10.6. The van der Waals surface area contributed by atoms with Gasteiger partial charge in [0, 0.05) is 6.20 Å². The number of aromatic nitrogens is 3. The number of alkyl halides is 3. The molecule has 3 rings (SSSR count). The maximum atomic E-state index is 13.8. The lowest BCUT2D eigenvalue weighted by Crippen LogP contribution is -2.21. The van der Waals surface area contributed by atoms with E-state index in [9.17, 15) is 22.4 Å². The SMILES string of the molecule is CCOC(=O)c1cnn(-c2cc(Cc3cc(F)cc(C(F)(F)F)c3)ccn2)c1COC(C)(C)C. The molecule has 0 bridgehead atoms. The fourth-order valence-corrected chi connectivity index (χ4v) is 3.21. The Labute approximate surface area is 194 Å². The van der Waals surface area contributed by atoms with Crippen LogP contribution in [0, 0.1) is 5.82 Å². The minimum Gasteiger partial charge on any atom is -0.462 e. The summed E-state index contributed by atoms with van der Waals surface area (Å²) in [5.41, 5.74) is -0.164. The van der Waals surface area contributed by atoms with Crippen molar-refractivity contribution in [2.24, 2.45) is 0 Å². The second-order valence-corrected chi connectivity index (χ2v) is 8.58. The number of ether oxygens (including phenoxy) is 2. The summed E-state index contributed by atoms with van der Waals surface area (Å²) >= 11 is 0. The van der Waals surface area contributed by atoms with Crippen molar-refractivity contribution in [3.05, 3.63) is 76.5 Å². The first kappa shape index (κ1) is 25.4. The Morgan fingerprint density at radius 2 is 1.82 bits per heavy atom. The maximum absolute atomic E-state index is 13.8. The van der Waals surface area contributed by atoms with Gasteiger partial charge in [0.05, 0.1) is 36.3 Å². The van der Waals surface area contributed by atoms with Gasteiger partial charge in [-0.2, -0.15) is 18.3 Å². The number of hydrogen-bond acceptors (Lipinski definition) is 5. The van der Waals surface area contributed by atoms with Gasteiger partial charge in [-0.1, -0.05) is 0 Å². The smallest absolute Gasteiger partial charge is 0.416 e. The number of benzene rings is 1. The minimum atomic E-state index is -4.65. The lowest BCUT2D eigenvalue weighted by atomic mass is 10.0. The number of hydrogen-bond donors (Lipinski definition) is 0. The van der Waals surface area contributed by atoms with Crippen LogP contribution in [-0.2, 0) is 28.7 Å². The van der Waals surface area contributed by atoms with Gasteiger partial charge in [-0.05, 0) is 75.6 Å². The standard InChI is InChI=1S/C24H25F4N3O3/c1-5-33-22(32)19-13-30-31(20(19)14-34-23(2,3)4)21-11-15(6-7-29-21)8-16-9-17(24(26,27)28)12-18(25)10-16/h6-7,9-13H,5,8,14H2,1-4H3. The molecule has 34 heavy (non-hydrogen) atoms. The van der Waals surface area contributed by atoms with Crippen LogP contribution >= 0.6 is 0 Å². The van der Waals surface area contributed by atoms with Gasteiger partial charge >= 0.3 is 12.1 Å². The van der Waals surface area contributed by atoms with Gasteiger partial charge in [0.25, 0.3) is 0 Å². The molecule has 0 radical (unpaired) electrons. The van der Waals surface area contributed by atoms with Crippen molar-refractivity contribution in [3.8, 4) is 5.82 Å². The summed E-state index contributed by atoms with van der Waals surface area (Å²) in [4.78, 5) is 16.7. The highest BCUT2D eigenvalue weighted by Gasteiger charge is 2.31. The average Bonchev–Trinajstić information content (AvgIpc) is 3.15. The van der Waals surface area contributed by atoms with Crippen LogP contribution in [0.4, 0.5) is 17.6 Å². The van der Waals surface area contributed by atoms with E-state index in [4.69, 9.17) is 9.47 Å². The molecule has 2 aromatic heterocycles. The van der Waals surface area contributed by atoms with E-state index in [0.717, 1.165) is 12.1 Å². The fraction of sp³-hybridized carbons (Fsp3) is 0.375. The zero-order valence-corrected chi connectivity index (χ0v) is 19.2. The summed E-state index contributed by atoms with van der Waals surface area (Å²) in [5, 5.41) is 4.26. The highest BCUT2D eigenvalue weighted by atomic mass is 19.4. The highest BCUT2D eigenvalue weighted by Crippen LogP contribution is 2.31. The van der Waals surface area contributed by atoms with Crippen molar-refractivity contribution in [2.45, 2.75) is 52.5 Å². The van der Waals surface area contributed by atoms with Crippen LogP contribution in [0.15, 0.2) is 42.7 Å². The third kappa shape index (κ3) is 6.40. The third-order valence-corrected chi connectivity index (χ3v) is 4.73. The summed E-state index contributed by atoms with van der Waals surface area (Å²) in [6.07, 6.45) is -1.79. The van der Waals surface area contributed by atoms with Crippen LogP contribution in [0.2, 0.25) is 0 Å². The molecule has 0 saturated heterocycles. The van der Waals surface area contributed by atoms with Crippen molar-refractivity contribution in [1.29, 1.82) is 0 Å². The largest absolute Gasteiger partial charge is 0.462 e. The zero-order valence-electron chi connectivity index (χ0n) is 19.2. The minimum absolute atomic E-state index is 0.0379. The molecule has 0 aliphatic carbocycles. The van der Waals surface area contributed by atoms with E-state index in [-0.39, 0.29) is 30.8 Å². The van der Waals surface area contributed by atoms with E-state index in [1.807, 2.05) is 20.8 Å². The Balaban J connectivity index is 1.96. The molecule has 0 aliphatic rings. The normalized spacial score (nSPS) is 12.1. The fourth-order valence-electron chi connectivity index (χ4n) is 3.21. The van der Waals surface area contributed by atoms with E-state index in [2.05, 4.69) is 10.1 Å². The number of nitrogens with zero attached hydrogens (tertiary/aromatic N) is 3. The van der Waals surface area contributed by atoms with Gasteiger partial charge in [-0.3, -0.25) is 0 Å².